The second kappa shape index (κ2) is 6.55. The Balaban J connectivity index is 2.11. The van der Waals surface area contributed by atoms with Gasteiger partial charge in [-0.2, -0.15) is 0 Å². The molecule has 1 saturated heterocycles. The summed E-state index contributed by atoms with van der Waals surface area (Å²) in [6, 6.07) is 0.488. The van der Waals surface area contributed by atoms with E-state index in [4.69, 9.17) is 11.6 Å². The number of hydrogen-bond donors (Lipinski definition) is 0. The minimum atomic E-state index is 0.488. The van der Waals surface area contributed by atoms with Crippen LogP contribution in [0, 0.1) is 5.41 Å². The van der Waals surface area contributed by atoms with Crippen LogP contribution in [-0.2, 0) is 5.88 Å². The first-order valence-electron chi connectivity index (χ1n) is 7.42. The van der Waals surface area contributed by atoms with Gasteiger partial charge in [-0.3, -0.25) is 4.90 Å². The van der Waals surface area contributed by atoms with Crippen molar-refractivity contribution < 1.29 is 0 Å². The molecule has 2 rings (SSSR count). The molecule has 108 valence electrons. The number of rotatable bonds is 6. The zero-order chi connectivity index (χ0) is 13.9. The lowest BCUT2D eigenvalue weighted by molar-refractivity contribution is 0.190. The lowest BCUT2D eigenvalue weighted by Crippen LogP contribution is -2.29. The predicted octanol–water partition coefficient (Wildman–Crippen LogP) is 4.85. The fourth-order valence-corrected chi connectivity index (χ4v) is 4.45. The van der Waals surface area contributed by atoms with Crippen LogP contribution in [-0.4, -0.2) is 23.0 Å². The van der Waals surface area contributed by atoms with Gasteiger partial charge in [-0.05, 0) is 37.6 Å². The van der Waals surface area contributed by atoms with Crippen molar-refractivity contribution in [3.63, 3.8) is 0 Å². The van der Waals surface area contributed by atoms with Crippen molar-refractivity contribution >= 4 is 22.9 Å². The van der Waals surface area contributed by atoms with E-state index in [2.05, 4.69) is 36.0 Å². The summed E-state index contributed by atoms with van der Waals surface area (Å²) >= 11 is 7.64. The molecule has 0 aromatic carbocycles. The molecule has 0 bridgehead atoms. The Hall–Kier alpha value is -0.120. The number of likely N-dealkylation sites (tertiary alicyclic amines) is 1. The highest BCUT2D eigenvalue weighted by atomic mass is 35.5. The Morgan fingerprint density at radius 1 is 1.42 bits per heavy atom. The Morgan fingerprint density at radius 2 is 2.16 bits per heavy atom. The molecule has 1 aliphatic heterocycles. The van der Waals surface area contributed by atoms with E-state index >= 15 is 0 Å². The number of nitrogens with zero attached hydrogens (tertiary/aromatic N) is 2. The third-order valence-electron chi connectivity index (χ3n) is 4.79. The molecule has 1 aromatic heterocycles. The van der Waals surface area contributed by atoms with Crippen molar-refractivity contribution in [2.24, 2.45) is 5.41 Å². The fraction of sp³-hybridized carbons (Fsp3) is 0.800. The molecule has 19 heavy (non-hydrogen) atoms. The van der Waals surface area contributed by atoms with Gasteiger partial charge in [-0.25, -0.2) is 4.98 Å². The van der Waals surface area contributed by atoms with Gasteiger partial charge >= 0.3 is 0 Å². The summed E-state index contributed by atoms with van der Waals surface area (Å²) in [5, 5.41) is 3.36. The normalized spacial score (nSPS) is 20.8. The van der Waals surface area contributed by atoms with E-state index in [-0.39, 0.29) is 0 Å². The van der Waals surface area contributed by atoms with E-state index in [0.29, 0.717) is 17.3 Å². The van der Waals surface area contributed by atoms with E-state index in [1.807, 2.05) is 0 Å². The van der Waals surface area contributed by atoms with Gasteiger partial charge in [0.25, 0.3) is 0 Å². The van der Waals surface area contributed by atoms with Gasteiger partial charge < -0.3 is 0 Å². The Morgan fingerprint density at radius 3 is 2.63 bits per heavy atom. The maximum Gasteiger partial charge on any atom is 0.110 e. The fourth-order valence-electron chi connectivity index (χ4n) is 3.19. The van der Waals surface area contributed by atoms with Crippen LogP contribution in [0.2, 0.25) is 0 Å². The number of thiazole rings is 1. The van der Waals surface area contributed by atoms with Crippen molar-refractivity contribution in [3.05, 3.63) is 16.1 Å². The largest absolute Gasteiger partial charge is 0.293 e. The van der Waals surface area contributed by atoms with Crippen LogP contribution >= 0.6 is 22.9 Å². The monoisotopic (exact) mass is 300 g/mol. The van der Waals surface area contributed by atoms with E-state index in [1.165, 1.54) is 37.4 Å². The van der Waals surface area contributed by atoms with Gasteiger partial charge in [0.05, 0.1) is 17.6 Å². The lowest BCUT2D eigenvalue weighted by atomic mass is 9.82. The molecule has 1 aromatic rings. The van der Waals surface area contributed by atoms with Gasteiger partial charge in [-0.15, -0.1) is 22.9 Å². The van der Waals surface area contributed by atoms with Gasteiger partial charge in [0.1, 0.15) is 5.01 Å². The Labute approximate surface area is 126 Å². The van der Waals surface area contributed by atoms with E-state index < -0.39 is 0 Å². The first-order chi connectivity index (χ1) is 9.18. The zero-order valence-corrected chi connectivity index (χ0v) is 13.9. The highest BCUT2D eigenvalue weighted by Crippen LogP contribution is 2.41. The molecule has 0 radical (unpaired) electrons. The summed E-state index contributed by atoms with van der Waals surface area (Å²) in [4.78, 5) is 7.33. The molecule has 1 atom stereocenters. The van der Waals surface area contributed by atoms with E-state index in [9.17, 15) is 0 Å². The molecular formula is C15H25ClN2S. The molecule has 1 aliphatic rings. The van der Waals surface area contributed by atoms with Crippen LogP contribution in [0.1, 0.15) is 63.2 Å². The van der Waals surface area contributed by atoms with Crippen LogP contribution in [0.3, 0.4) is 0 Å². The molecule has 0 N–H and O–H groups in total. The van der Waals surface area contributed by atoms with Crippen LogP contribution in [0.5, 0.6) is 0 Å². The topological polar surface area (TPSA) is 16.1 Å². The van der Waals surface area contributed by atoms with Crippen LogP contribution < -0.4 is 0 Å². The molecule has 0 amide bonds. The average molecular weight is 301 g/mol. The van der Waals surface area contributed by atoms with Crippen molar-refractivity contribution in [2.75, 3.05) is 13.1 Å². The molecule has 0 saturated carbocycles. The van der Waals surface area contributed by atoms with Crippen molar-refractivity contribution in [3.8, 4) is 0 Å². The molecule has 1 fully saturated rings. The maximum absolute atomic E-state index is 5.87. The number of aromatic nitrogens is 1. The number of hydrogen-bond acceptors (Lipinski definition) is 3. The second-order valence-electron chi connectivity index (χ2n) is 5.66. The number of alkyl halides is 1. The third kappa shape index (κ3) is 3.14. The Bertz CT molecular complexity index is 401. The third-order valence-corrected chi connectivity index (χ3v) is 6.06. The molecule has 0 aliphatic carbocycles. The summed E-state index contributed by atoms with van der Waals surface area (Å²) in [7, 11) is 0. The molecule has 4 heteroatoms. The summed E-state index contributed by atoms with van der Waals surface area (Å²) in [6.07, 6.45) is 5.06. The van der Waals surface area contributed by atoms with Gasteiger partial charge in [-0.1, -0.05) is 20.8 Å². The summed E-state index contributed by atoms with van der Waals surface area (Å²) in [5.41, 5.74) is 1.57. The Kier molecular flexibility index (Phi) is 5.27. The first kappa shape index (κ1) is 15.3. The summed E-state index contributed by atoms with van der Waals surface area (Å²) in [5.74, 6) is 0.529. The van der Waals surface area contributed by atoms with Gasteiger partial charge in [0.15, 0.2) is 0 Å². The summed E-state index contributed by atoms with van der Waals surface area (Å²) in [6.45, 7) is 9.39. The van der Waals surface area contributed by atoms with Crippen molar-refractivity contribution in [1.29, 1.82) is 0 Å². The highest BCUT2D eigenvalue weighted by molar-refractivity contribution is 7.09. The second-order valence-corrected chi connectivity index (χ2v) is 6.82. The predicted molar refractivity (Wildman–Crippen MR) is 83.9 cm³/mol. The average Bonchev–Trinajstić information content (AvgIpc) is 3.07. The molecule has 0 spiro atoms. The first-order valence-corrected chi connectivity index (χ1v) is 8.83. The standard InChI is InChI=1S/C15H25ClN2S/c1-4-13(14-17-12(9-16)10-19-14)18-8-7-15(5-2,6-3)11-18/h10,13H,4-9,11H2,1-3H3. The minimum Gasteiger partial charge on any atom is -0.293 e. The molecular weight excluding hydrogens is 276 g/mol. The van der Waals surface area contributed by atoms with Gasteiger partial charge in [0.2, 0.25) is 0 Å². The smallest absolute Gasteiger partial charge is 0.110 e. The molecule has 2 heterocycles. The molecule has 2 nitrogen and oxygen atoms in total. The van der Waals surface area contributed by atoms with E-state index in [1.54, 1.807) is 11.3 Å². The highest BCUT2D eigenvalue weighted by Gasteiger charge is 2.38. The SMILES string of the molecule is CCC(c1nc(CCl)cs1)N1CCC(CC)(CC)C1. The van der Waals surface area contributed by atoms with Crippen molar-refractivity contribution in [2.45, 2.75) is 58.4 Å². The zero-order valence-electron chi connectivity index (χ0n) is 12.3. The van der Waals surface area contributed by atoms with Crippen LogP contribution in [0.4, 0.5) is 0 Å². The minimum absolute atomic E-state index is 0.488. The number of halogens is 1. The lowest BCUT2D eigenvalue weighted by Gasteiger charge is -2.29. The van der Waals surface area contributed by atoms with Crippen LogP contribution in [0.25, 0.3) is 0 Å². The van der Waals surface area contributed by atoms with E-state index in [0.717, 1.165) is 12.1 Å². The maximum atomic E-state index is 5.87. The molecule has 1 unspecified atom stereocenters. The summed E-state index contributed by atoms with van der Waals surface area (Å²) < 4.78 is 0. The quantitative estimate of drug-likeness (QED) is 0.699. The van der Waals surface area contributed by atoms with Crippen LogP contribution in [0.15, 0.2) is 5.38 Å². The van der Waals surface area contributed by atoms with Gasteiger partial charge in [0, 0.05) is 11.9 Å². The van der Waals surface area contributed by atoms with Crippen molar-refractivity contribution in [1.82, 2.24) is 9.88 Å².